The lowest BCUT2D eigenvalue weighted by Crippen LogP contribution is -2.40. The van der Waals surface area contributed by atoms with Gasteiger partial charge in [0, 0.05) is 6.04 Å². The highest BCUT2D eigenvalue weighted by Gasteiger charge is 2.39. The molecule has 0 radical (unpaired) electrons. The smallest absolute Gasteiger partial charge is 0.171 e. The molecular formula is C14H17FN2S. The lowest BCUT2D eigenvalue weighted by molar-refractivity contribution is 0.391. The van der Waals surface area contributed by atoms with Crippen molar-refractivity contribution in [2.24, 2.45) is 11.8 Å². The van der Waals surface area contributed by atoms with Crippen molar-refractivity contribution in [1.29, 1.82) is 0 Å². The van der Waals surface area contributed by atoms with Crippen molar-refractivity contribution < 1.29 is 4.39 Å². The van der Waals surface area contributed by atoms with Gasteiger partial charge in [0.25, 0.3) is 0 Å². The highest BCUT2D eigenvalue weighted by molar-refractivity contribution is 7.80. The molecule has 0 spiro atoms. The van der Waals surface area contributed by atoms with Gasteiger partial charge in [-0.25, -0.2) is 4.39 Å². The molecule has 1 aromatic carbocycles. The minimum Gasteiger partial charge on any atom is -0.359 e. The average molecular weight is 264 g/mol. The van der Waals surface area contributed by atoms with Crippen molar-refractivity contribution >= 4 is 23.0 Å². The molecule has 2 saturated carbocycles. The molecule has 2 nitrogen and oxygen atoms in total. The molecule has 2 aliphatic rings. The van der Waals surface area contributed by atoms with Gasteiger partial charge in [-0.2, -0.15) is 0 Å². The largest absolute Gasteiger partial charge is 0.359 e. The number of thiocarbonyl (C=S) groups is 1. The number of benzene rings is 1. The molecule has 0 saturated heterocycles. The van der Waals surface area contributed by atoms with Crippen LogP contribution in [-0.4, -0.2) is 11.2 Å². The van der Waals surface area contributed by atoms with Gasteiger partial charge >= 0.3 is 0 Å². The Bertz CT molecular complexity index is 463. The first-order valence-corrected chi connectivity index (χ1v) is 6.95. The predicted molar refractivity (Wildman–Crippen MR) is 75.0 cm³/mol. The molecule has 2 fully saturated rings. The zero-order valence-corrected chi connectivity index (χ0v) is 11.0. The van der Waals surface area contributed by atoms with Gasteiger partial charge in [-0.05, 0) is 55.4 Å². The third-order valence-corrected chi connectivity index (χ3v) is 4.40. The van der Waals surface area contributed by atoms with Crippen molar-refractivity contribution in [3.63, 3.8) is 0 Å². The van der Waals surface area contributed by atoms with E-state index in [1.165, 1.54) is 31.7 Å². The van der Waals surface area contributed by atoms with Crippen molar-refractivity contribution in [3.05, 3.63) is 30.1 Å². The fraction of sp³-hybridized carbons (Fsp3) is 0.500. The summed E-state index contributed by atoms with van der Waals surface area (Å²) >= 11 is 5.26. The molecule has 4 heteroatoms. The van der Waals surface area contributed by atoms with E-state index < -0.39 is 0 Å². The lowest BCUT2D eigenvalue weighted by atomic mass is 9.96. The van der Waals surface area contributed by atoms with Crippen LogP contribution in [-0.2, 0) is 0 Å². The van der Waals surface area contributed by atoms with Crippen LogP contribution in [0.4, 0.5) is 10.1 Å². The first-order chi connectivity index (χ1) is 8.72. The molecule has 0 aromatic heterocycles. The second kappa shape index (κ2) is 4.84. The van der Waals surface area contributed by atoms with E-state index in [0.29, 0.717) is 16.8 Å². The number of fused-ring (bicyclic) bond motifs is 2. The van der Waals surface area contributed by atoms with Gasteiger partial charge in [0.15, 0.2) is 5.11 Å². The predicted octanol–water partition coefficient (Wildman–Crippen LogP) is 3.30. The molecule has 0 aliphatic heterocycles. The Labute approximate surface area is 112 Å². The normalized spacial score (nSPS) is 29.3. The average Bonchev–Trinajstić information content (AvgIpc) is 2.94. The highest BCUT2D eigenvalue weighted by atomic mass is 32.1. The van der Waals surface area contributed by atoms with E-state index in [1.807, 2.05) is 0 Å². The summed E-state index contributed by atoms with van der Waals surface area (Å²) in [5, 5.41) is 6.82. The topological polar surface area (TPSA) is 24.1 Å². The maximum atomic E-state index is 13.5. The molecule has 2 N–H and O–H groups in total. The number of hydrogen-bond donors (Lipinski definition) is 2. The van der Waals surface area contributed by atoms with Crippen LogP contribution in [0.2, 0.25) is 0 Å². The van der Waals surface area contributed by atoms with Gasteiger partial charge in [-0.3, -0.25) is 0 Å². The molecule has 18 heavy (non-hydrogen) atoms. The fourth-order valence-electron chi connectivity index (χ4n) is 3.31. The van der Waals surface area contributed by atoms with Crippen LogP contribution in [0, 0.1) is 17.7 Å². The van der Waals surface area contributed by atoms with E-state index in [1.54, 1.807) is 18.2 Å². The second-order valence-corrected chi connectivity index (χ2v) is 5.77. The Morgan fingerprint density at radius 2 is 2.06 bits per heavy atom. The van der Waals surface area contributed by atoms with Crippen molar-refractivity contribution in [2.45, 2.75) is 31.7 Å². The Kier molecular flexibility index (Phi) is 3.20. The maximum absolute atomic E-state index is 13.5. The van der Waals surface area contributed by atoms with Crippen LogP contribution in [0.15, 0.2) is 24.3 Å². The van der Waals surface area contributed by atoms with Crippen molar-refractivity contribution in [2.75, 3.05) is 5.32 Å². The minimum absolute atomic E-state index is 0.269. The number of hydrogen-bond acceptors (Lipinski definition) is 1. The zero-order valence-electron chi connectivity index (χ0n) is 10.2. The molecule has 2 bridgehead atoms. The third kappa shape index (κ3) is 2.34. The summed E-state index contributed by atoms with van der Waals surface area (Å²) < 4.78 is 13.5. The lowest BCUT2D eigenvalue weighted by Gasteiger charge is -2.24. The van der Waals surface area contributed by atoms with E-state index in [4.69, 9.17) is 12.2 Å². The Balaban J connectivity index is 1.58. The van der Waals surface area contributed by atoms with Crippen LogP contribution in [0.1, 0.15) is 25.7 Å². The van der Waals surface area contributed by atoms with E-state index in [2.05, 4.69) is 10.6 Å². The fourth-order valence-corrected chi connectivity index (χ4v) is 3.57. The van der Waals surface area contributed by atoms with E-state index >= 15 is 0 Å². The van der Waals surface area contributed by atoms with Crippen LogP contribution in [0.5, 0.6) is 0 Å². The summed E-state index contributed by atoms with van der Waals surface area (Å²) in [6.45, 7) is 0. The summed E-state index contributed by atoms with van der Waals surface area (Å²) in [4.78, 5) is 0. The summed E-state index contributed by atoms with van der Waals surface area (Å²) in [5.74, 6) is 1.37. The van der Waals surface area contributed by atoms with Gasteiger partial charge in [-0.1, -0.05) is 18.6 Å². The molecule has 1 aromatic rings. The number of halogens is 1. The van der Waals surface area contributed by atoms with Gasteiger partial charge in [0.1, 0.15) is 5.82 Å². The van der Waals surface area contributed by atoms with Gasteiger partial charge < -0.3 is 10.6 Å². The standard InChI is InChI=1S/C14H17FN2S/c15-11-3-1-2-4-12(11)16-14(18)17-13-8-9-5-6-10(13)7-9/h1-4,9-10,13H,5-8H2,(H2,16,17,18)/t9-,10+,13+/m0/s1. The highest BCUT2D eigenvalue weighted by Crippen LogP contribution is 2.44. The van der Waals surface area contributed by atoms with Gasteiger partial charge in [0.2, 0.25) is 0 Å². The van der Waals surface area contributed by atoms with Crippen LogP contribution in [0.25, 0.3) is 0 Å². The van der Waals surface area contributed by atoms with Crippen LogP contribution >= 0.6 is 12.2 Å². The summed E-state index contributed by atoms with van der Waals surface area (Å²) in [6, 6.07) is 7.08. The van der Waals surface area contributed by atoms with Crippen LogP contribution < -0.4 is 10.6 Å². The maximum Gasteiger partial charge on any atom is 0.171 e. The van der Waals surface area contributed by atoms with Crippen molar-refractivity contribution in [1.82, 2.24) is 5.32 Å². The van der Waals surface area contributed by atoms with Gasteiger partial charge in [0.05, 0.1) is 5.69 Å². The van der Waals surface area contributed by atoms with Gasteiger partial charge in [-0.15, -0.1) is 0 Å². The third-order valence-electron chi connectivity index (χ3n) is 4.18. The molecule has 0 amide bonds. The molecule has 2 aliphatic carbocycles. The van der Waals surface area contributed by atoms with E-state index in [-0.39, 0.29) is 5.82 Å². The molecule has 0 heterocycles. The second-order valence-electron chi connectivity index (χ2n) is 5.36. The van der Waals surface area contributed by atoms with Crippen molar-refractivity contribution in [3.8, 4) is 0 Å². The summed E-state index contributed by atoms with van der Waals surface area (Å²) in [7, 11) is 0. The number of rotatable bonds is 2. The first-order valence-electron chi connectivity index (χ1n) is 6.54. The zero-order chi connectivity index (χ0) is 12.5. The molecular weight excluding hydrogens is 247 g/mol. The van der Waals surface area contributed by atoms with E-state index in [0.717, 1.165) is 11.8 Å². The quantitative estimate of drug-likeness (QED) is 0.801. The Morgan fingerprint density at radius 1 is 1.22 bits per heavy atom. The SMILES string of the molecule is Fc1ccccc1NC(=S)N[C@@H]1C[C@H]2CC[C@@H]1C2. The number of para-hydroxylation sites is 1. The summed E-state index contributed by atoms with van der Waals surface area (Å²) in [6.07, 6.45) is 5.23. The molecule has 96 valence electrons. The molecule has 3 atom stereocenters. The molecule has 0 unspecified atom stereocenters. The summed E-state index contributed by atoms with van der Waals surface area (Å²) in [5.41, 5.74) is 0.443. The monoisotopic (exact) mass is 264 g/mol. The number of nitrogens with one attached hydrogen (secondary N) is 2. The Morgan fingerprint density at radius 3 is 2.72 bits per heavy atom. The van der Waals surface area contributed by atoms with E-state index in [9.17, 15) is 4.39 Å². The van der Waals surface area contributed by atoms with Crippen LogP contribution in [0.3, 0.4) is 0 Å². The number of anilines is 1. The first kappa shape index (κ1) is 11.9. The minimum atomic E-state index is -0.269. The molecule has 3 rings (SSSR count). The Hall–Kier alpha value is -1.16.